The van der Waals surface area contributed by atoms with Gasteiger partial charge in [-0.25, -0.2) is 0 Å². The monoisotopic (exact) mass is 422 g/mol. The maximum absolute atomic E-state index is 12.5. The number of para-hydroxylation sites is 3. The Morgan fingerprint density at radius 1 is 0.742 bits per heavy atom. The van der Waals surface area contributed by atoms with Crippen molar-refractivity contribution < 1.29 is 23.7 Å². The molecule has 0 spiro atoms. The van der Waals surface area contributed by atoms with E-state index in [9.17, 15) is 4.79 Å². The van der Waals surface area contributed by atoms with Gasteiger partial charge in [0, 0.05) is 6.07 Å². The van der Waals surface area contributed by atoms with E-state index in [1.54, 1.807) is 32.4 Å². The largest absolute Gasteiger partial charge is 0.497 e. The minimum Gasteiger partial charge on any atom is -0.497 e. The van der Waals surface area contributed by atoms with E-state index in [1.165, 1.54) is 0 Å². The first kappa shape index (κ1) is 21.8. The summed E-state index contributed by atoms with van der Waals surface area (Å²) in [4.78, 5) is 12.5. The molecule has 0 heterocycles. The zero-order valence-corrected chi connectivity index (χ0v) is 17.6. The Morgan fingerprint density at radius 2 is 1.48 bits per heavy atom. The zero-order chi connectivity index (χ0) is 21.9. The van der Waals surface area contributed by atoms with Crippen LogP contribution in [0.15, 0.2) is 72.8 Å². The van der Waals surface area contributed by atoms with E-state index in [1.807, 2.05) is 54.6 Å². The van der Waals surface area contributed by atoms with E-state index in [4.69, 9.17) is 18.9 Å². The summed E-state index contributed by atoms with van der Waals surface area (Å²) in [6, 6.07) is 22.2. The Labute approximate surface area is 181 Å². The molecule has 3 rings (SSSR count). The minimum absolute atomic E-state index is 0.0568. The third-order valence-corrected chi connectivity index (χ3v) is 4.36. The predicted octanol–water partition coefficient (Wildman–Crippen LogP) is 4.21. The molecule has 0 aliphatic rings. The molecule has 3 aromatic carbocycles. The highest BCUT2D eigenvalue weighted by Gasteiger charge is 2.10. The molecule has 1 amide bonds. The van der Waals surface area contributed by atoms with Gasteiger partial charge < -0.3 is 29.6 Å². The van der Waals surface area contributed by atoms with Crippen molar-refractivity contribution in [3.05, 3.63) is 72.8 Å². The van der Waals surface area contributed by atoms with Gasteiger partial charge in [-0.15, -0.1) is 0 Å². The van der Waals surface area contributed by atoms with Crippen molar-refractivity contribution in [2.75, 3.05) is 44.6 Å². The second kappa shape index (κ2) is 11.3. The van der Waals surface area contributed by atoms with Crippen LogP contribution in [-0.4, -0.2) is 39.9 Å². The van der Waals surface area contributed by atoms with Crippen molar-refractivity contribution in [2.24, 2.45) is 0 Å². The van der Waals surface area contributed by atoms with Gasteiger partial charge in [0.05, 0.1) is 32.1 Å². The van der Waals surface area contributed by atoms with Crippen LogP contribution in [0.3, 0.4) is 0 Å². The lowest BCUT2D eigenvalue weighted by Gasteiger charge is -2.15. The molecule has 2 N–H and O–H groups in total. The van der Waals surface area contributed by atoms with Crippen molar-refractivity contribution >= 4 is 17.3 Å². The lowest BCUT2D eigenvalue weighted by Crippen LogP contribution is -2.22. The molecule has 0 saturated carbocycles. The number of hydrogen-bond donors (Lipinski definition) is 2. The second-order valence-corrected chi connectivity index (χ2v) is 6.47. The number of anilines is 2. The van der Waals surface area contributed by atoms with Crippen LogP contribution in [-0.2, 0) is 4.79 Å². The van der Waals surface area contributed by atoms with Crippen molar-refractivity contribution in [3.8, 4) is 23.0 Å². The van der Waals surface area contributed by atoms with Crippen molar-refractivity contribution in [3.63, 3.8) is 0 Å². The Bertz CT molecular complexity index is 979. The van der Waals surface area contributed by atoms with E-state index in [-0.39, 0.29) is 12.5 Å². The lowest BCUT2D eigenvalue weighted by atomic mass is 10.2. The van der Waals surface area contributed by atoms with Crippen LogP contribution in [0.1, 0.15) is 0 Å². The number of carbonyl (C=O) groups excluding carboxylic acids is 1. The number of amides is 1. The highest BCUT2D eigenvalue weighted by molar-refractivity contribution is 5.95. The summed E-state index contributed by atoms with van der Waals surface area (Å²) in [5, 5.41) is 5.94. The van der Waals surface area contributed by atoms with Crippen molar-refractivity contribution in [1.82, 2.24) is 0 Å². The van der Waals surface area contributed by atoms with Crippen LogP contribution < -0.4 is 29.6 Å². The molecular weight excluding hydrogens is 396 g/mol. The Hall–Kier alpha value is -3.87. The molecule has 0 atom stereocenters. The molecule has 7 nitrogen and oxygen atoms in total. The van der Waals surface area contributed by atoms with Crippen molar-refractivity contribution in [2.45, 2.75) is 0 Å². The number of nitrogens with one attached hydrogen (secondary N) is 2. The van der Waals surface area contributed by atoms with E-state index in [0.717, 1.165) is 11.4 Å². The van der Waals surface area contributed by atoms with Crippen LogP contribution in [0, 0.1) is 0 Å². The fourth-order valence-corrected chi connectivity index (χ4v) is 2.85. The van der Waals surface area contributed by atoms with Gasteiger partial charge in [-0.05, 0) is 36.4 Å². The summed E-state index contributed by atoms with van der Waals surface area (Å²) >= 11 is 0. The first-order valence-corrected chi connectivity index (χ1v) is 9.85. The SMILES string of the molecule is COc1ccc(OC)c(NC(=O)CNc2ccccc2OCCOc2ccccc2)c1. The number of methoxy groups -OCH3 is 2. The number of carbonyl (C=O) groups is 1. The highest BCUT2D eigenvalue weighted by atomic mass is 16.5. The summed E-state index contributed by atoms with van der Waals surface area (Å²) in [6.07, 6.45) is 0. The number of ether oxygens (including phenoxy) is 4. The quantitative estimate of drug-likeness (QED) is 0.451. The third kappa shape index (κ3) is 6.57. The minimum atomic E-state index is -0.228. The van der Waals surface area contributed by atoms with Crippen LogP contribution in [0.25, 0.3) is 0 Å². The number of rotatable bonds is 11. The van der Waals surface area contributed by atoms with Crippen LogP contribution in [0.5, 0.6) is 23.0 Å². The fourth-order valence-electron chi connectivity index (χ4n) is 2.85. The maximum Gasteiger partial charge on any atom is 0.243 e. The average molecular weight is 422 g/mol. The standard InChI is InChI=1S/C24H26N2O5/c1-28-19-12-13-22(29-2)21(16-19)26-24(27)17-25-20-10-6-7-11-23(20)31-15-14-30-18-8-4-3-5-9-18/h3-13,16,25H,14-15,17H2,1-2H3,(H,26,27). The summed E-state index contributed by atoms with van der Waals surface area (Å²) in [6.45, 7) is 0.844. The molecule has 0 fully saturated rings. The van der Waals surface area contributed by atoms with E-state index < -0.39 is 0 Å². The molecule has 0 bridgehead atoms. The predicted molar refractivity (Wildman–Crippen MR) is 121 cm³/mol. The molecule has 0 aliphatic heterocycles. The van der Waals surface area contributed by atoms with Crippen LogP contribution in [0.2, 0.25) is 0 Å². The van der Waals surface area contributed by atoms with Gasteiger partial charge in [-0.3, -0.25) is 4.79 Å². The molecule has 162 valence electrons. The molecule has 0 aliphatic carbocycles. The zero-order valence-electron chi connectivity index (χ0n) is 17.6. The Balaban J connectivity index is 1.52. The summed E-state index contributed by atoms with van der Waals surface area (Å²) in [5.74, 6) is 2.39. The van der Waals surface area contributed by atoms with Gasteiger partial charge in [0.1, 0.15) is 36.2 Å². The summed E-state index contributed by atoms with van der Waals surface area (Å²) in [7, 11) is 3.11. The molecule has 0 saturated heterocycles. The third-order valence-electron chi connectivity index (χ3n) is 4.36. The Kier molecular flexibility index (Phi) is 7.99. The second-order valence-electron chi connectivity index (χ2n) is 6.47. The molecule has 0 aromatic heterocycles. The van der Waals surface area contributed by atoms with E-state index >= 15 is 0 Å². The number of benzene rings is 3. The van der Waals surface area contributed by atoms with Gasteiger partial charge in [0.25, 0.3) is 0 Å². The molecular formula is C24H26N2O5. The van der Waals surface area contributed by atoms with Gasteiger partial charge in [-0.1, -0.05) is 30.3 Å². The van der Waals surface area contributed by atoms with Gasteiger partial charge in [-0.2, -0.15) is 0 Å². The average Bonchev–Trinajstić information content (AvgIpc) is 2.81. The van der Waals surface area contributed by atoms with E-state index in [2.05, 4.69) is 10.6 Å². The first-order chi connectivity index (χ1) is 15.2. The summed E-state index contributed by atoms with van der Waals surface area (Å²) in [5.41, 5.74) is 1.26. The lowest BCUT2D eigenvalue weighted by molar-refractivity contribution is -0.114. The molecule has 7 heteroatoms. The highest BCUT2D eigenvalue weighted by Crippen LogP contribution is 2.29. The molecule has 0 unspecified atom stereocenters. The normalized spacial score (nSPS) is 10.1. The van der Waals surface area contributed by atoms with Gasteiger partial charge in [0.2, 0.25) is 5.91 Å². The molecule has 31 heavy (non-hydrogen) atoms. The molecule has 0 radical (unpaired) electrons. The molecule has 3 aromatic rings. The van der Waals surface area contributed by atoms with Crippen molar-refractivity contribution in [1.29, 1.82) is 0 Å². The summed E-state index contributed by atoms with van der Waals surface area (Å²) < 4.78 is 22.0. The fraction of sp³-hybridized carbons (Fsp3) is 0.208. The maximum atomic E-state index is 12.5. The first-order valence-electron chi connectivity index (χ1n) is 9.85. The van der Waals surface area contributed by atoms with E-state index in [0.29, 0.717) is 36.1 Å². The van der Waals surface area contributed by atoms with Crippen LogP contribution in [0.4, 0.5) is 11.4 Å². The van der Waals surface area contributed by atoms with Gasteiger partial charge in [0.15, 0.2) is 0 Å². The topological polar surface area (TPSA) is 78.1 Å². The number of hydrogen-bond acceptors (Lipinski definition) is 6. The Morgan fingerprint density at radius 3 is 2.26 bits per heavy atom. The van der Waals surface area contributed by atoms with Gasteiger partial charge >= 0.3 is 0 Å². The smallest absolute Gasteiger partial charge is 0.243 e. The van der Waals surface area contributed by atoms with Crippen LogP contribution >= 0.6 is 0 Å².